The van der Waals surface area contributed by atoms with Crippen LogP contribution in [-0.4, -0.2) is 53.1 Å². The van der Waals surface area contributed by atoms with Crippen molar-refractivity contribution in [1.82, 2.24) is 10.2 Å². The van der Waals surface area contributed by atoms with Gasteiger partial charge in [-0.25, -0.2) is 0 Å². The van der Waals surface area contributed by atoms with Crippen molar-refractivity contribution < 1.29 is 24.2 Å². The average Bonchev–Trinajstić information content (AvgIpc) is 3.16. The van der Waals surface area contributed by atoms with E-state index in [2.05, 4.69) is 12.2 Å². The second-order valence-corrected chi connectivity index (χ2v) is 9.75. The minimum absolute atomic E-state index is 0.00927. The predicted molar refractivity (Wildman–Crippen MR) is 134 cm³/mol. The molecule has 0 unspecified atom stereocenters. The third-order valence-electron chi connectivity index (χ3n) is 7.65. The molecule has 0 bridgehead atoms. The number of rotatable bonds is 11. The van der Waals surface area contributed by atoms with Gasteiger partial charge in [0.2, 0.25) is 11.8 Å². The number of hydrogen-bond acceptors (Lipinski definition) is 5. The first-order chi connectivity index (χ1) is 16.9. The number of carbonyl (C=O) groups excluding carboxylic acids is 3. The summed E-state index contributed by atoms with van der Waals surface area (Å²) in [5.41, 5.74) is 0.959. The standard InChI is InChI=1S/C28H40N2O5/c1-5-11-20-14-15-21-24(23(20)28(34)35-7-3)27(33)30(22(17-31)18(4)6-2)25(21)26(32)29-16-19-12-9-8-10-13-19/h8-10,12-15,18,20-25,31H,5-7,11,16-17H2,1-4H3,(H,29,32)/t18-,20+,21-,22-,23+,24-,25-/m0/s1. The molecule has 0 saturated carbocycles. The number of fused-ring (bicyclic) bond motifs is 1. The van der Waals surface area contributed by atoms with E-state index in [4.69, 9.17) is 4.74 Å². The maximum Gasteiger partial charge on any atom is 0.310 e. The third-order valence-corrected chi connectivity index (χ3v) is 7.65. The minimum Gasteiger partial charge on any atom is -0.466 e. The summed E-state index contributed by atoms with van der Waals surface area (Å²) in [6.07, 6.45) is 6.33. The lowest BCUT2D eigenvalue weighted by atomic mass is 9.69. The first-order valence-electron chi connectivity index (χ1n) is 13.0. The van der Waals surface area contributed by atoms with E-state index in [9.17, 15) is 19.5 Å². The van der Waals surface area contributed by atoms with Gasteiger partial charge in [0.05, 0.1) is 31.1 Å². The molecule has 0 radical (unpaired) electrons. The zero-order valence-electron chi connectivity index (χ0n) is 21.4. The van der Waals surface area contributed by atoms with Gasteiger partial charge in [-0.1, -0.05) is 76.1 Å². The Hall–Kier alpha value is -2.67. The Kier molecular flexibility index (Phi) is 9.49. The summed E-state index contributed by atoms with van der Waals surface area (Å²) in [4.78, 5) is 42.3. The predicted octanol–water partition coefficient (Wildman–Crippen LogP) is 3.32. The van der Waals surface area contributed by atoms with E-state index in [-0.39, 0.29) is 42.8 Å². The number of carbonyl (C=O) groups is 3. The van der Waals surface area contributed by atoms with E-state index < -0.39 is 29.8 Å². The number of hydrogen-bond donors (Lipinski definition) is 2. The lowest BCUT2D eigenvalue weighted by Crippen LogP contribution is -2.54. The molecule has 35 heavy (non-hydrogen) atoms. The van der Waals surface area contributed by atoms with Crippen LogP contribution in [0.4, 0.5) is 0 Å². The maximum atomic E-state index is 14.0. The van der Waals surface area contributed by atoms with Gasteiger partial charge in [-0.15, -0.1) is 0 Å². The maximum absolute atomic E-state index is 14.0. The molecule has 2 aliphatic rings. The van der Waals surface area contributed by atoms with E-state index in [1.54, 1.807) is 11.8 Å². The van der Waals surface area contributed by atoms with Crippen molar-refractivity contribution >= 4 is 17.8 Å². The van der Waals surface area contributed by atoms with Crippen molar-refractivity contribution in [3.05, 3.63) is 48.0 Å². The van der Waals surface area contributed by atoms with Crippen LogP contribution < -0.4 is 5.32 Å². The summed E-state index contributed by atoms with van der Waals surface area (Å²) < 4.78 is 5.41. The van der Waals surface area contributed by atoms with E-state index in [0.717, 1.165) is 24.8 Å². The molecular weight excluding hydrogens is 444 g/mol. The number of nitrogens with one attached hydrogen (secondary N) is 1. The van der Waals surface area contributed by atoms with Crippen LogP contribution in [0.1, 0.15) is 52.5 Å². The molecule has 1 aromatic carbocycles. The van der Waals surface area contributed by atoms with Gasteiger partial charge in [-0.05, 0) is 30.7 Å². The molecule has 1 saturated heterocycles. The van der Waals surface area contributed by atoms with Crippen molar-refractivity contribution in [1.29, 1.82) is 0 Å². The molecule has 3 rings (SSSR count). The zero-order chi connectivity index (χ0) is 25.5. The number of nitrogens with zero attached hydrogens (tertiary/aromatic N) is 1. The van der Waals surface area contributed by atoms with Crippen molar-refractivity contribution in [3.8, 4) is 0 Å². The van der Waals surface area contributed by atoms with Gasteiger partial charge < -0.3 is 20.1 Å². The van der Waals surface area contributed by atoms with Crippen molar-refractivity contribution in [2.24, 2.45) is 29.6 Å². The van der Waals surface area contributed by atoms with Gasteiger partial charge in [-0.2, -0.15) is 0 Å². The Balaban J connectivity index is 2.00. The van der Waals surface area contributed by atoms with Gasteiger partial charge in [0.1, 0.15) is 6.04 Å². The Bertz CT molecular complexity index is 902. The van der Waals surface area contributed by atoms with Gasteiger partial charge >= 0.3 is 5.97 Å². The van der Waals surface area contributed by atoms with Crippen LogP contribution in [0.5, 0.6) is 0 Å². The number of aliphatic hydroxyl groups is 1. The van der Waals surface area contributed by atoms with Crippen LogP contribution in [-0.2, 0) is 25.7 Å². The van der Waals surface area contributed by atoms with E-state index >= 15 is 0 Å². The second-order valence-electron chi connectivity index (χ2n) is 9.75. The average molecular weight is 485 g/mol. The molecule has 1 aliphatic heterocycles. The molecule has 192 valence electrons. The number of ether oxygens (including phenoxy) is 1. The number of allylic oxidation sites excluding steroid dienone is 1. The highest BCUT2D eigenvalue weighted by Crippen LogP contribution is 2.47. The first kappa shape index (κ1) is 26.9. The van der Waals surface area contributed by atoms with Gasteiger partial charge in [0, 0.05) is 12.5 Å². The van der Waals surface area contributed by atoms with Crippen molar-refractivity contribution in [2.45, 2.75) is 65.6 Å². The first-order valence-corrected chi connectivity index (χ1v) is 13.0. The van der Waals surface area contributed by atoms with Crippen LogP contribution in [0, 0.1) is 29.6 Å². The molecule has 1 heterocycles. The molecule has 2 N–H and O–H groups in total. The molecule has 1 fully saturated rings. The lowest BCUT2D eigenvalue weighted by molar-refractivity contribution is -0.156. The third kappa shape index (κ3) is 5.61. The molecule has 7 atom stereocenters. The molecule has 0 aromatic heterocycles. The second kappa shape index (κ2) is 12.3. The molecular formula is C28H40N2O5. The van der Waals surface area contributed by atoms with E-state index in [1.165, 1.54) is 0 Å². The monoisotopic (exact) mass is 484 g/mol. The number of likely N-dealkylation sites (tertiary alicyclic amines) is 1. The quantitative estimate of drug-likeness (QED) is 0.371. The summed E-state index contributed by atoms with van der Waals surface area (Å²) >= 11 is 0. The van der Waals surface area contributed by atoms with Crippen molar-refractivity contribution in [2.75, 3.05) is 13.2 Å². The minimum atomic E-state index is -0.793. The van der Waals surface area contributed by atoms with Gasteiger partial charge in [0.25, 0.3) is 0 Å². The van der Waals surface area contributed by atoms with Crippen molar-refractivity contribution in [3.63, 3.8) is 0 Å². The summed E-state index contributed by atoms with van der Waals surface area (Å²) in [7, 11) is 0. The SMILES string of the molecule is CCC[C@@H]1C=C[C@H]2[C@H](C(=O)N([C@@H](CO)[C@@H](C)CC)[C@@H]2C(=O)NCc2ccccc2)[C@@H]1C(=O)OCC. The Morgan fingerprint density at radius 2 is 1.86 bits per heavy atom. The fourth-order valence-corrected chi connectivity index (χ4v) is 5.67. The smallest absolute Gasteiger partial charge is 0.310 e. The van der Waals surface area contributed by atoms with E-state index in [0.29, 0.717) is 6.54 Å². The summed E-state index contributed by atoms with van der Waals surface area (Å²) in [5, 5.41) is 13.3. The highest BCUT2D eigenvalue weighted by Gasteiger charge is 2.59. The number of benzene rings is 1. The molecule has 7 heteroatoms. The van der Waals surface area contributed by atoms with Crippen LogP contribution in [0.2, 0.25) is 0 Å². The molecule has 2 amide bonds. The fraction of sp³-hybridized carbons (Fsp3) is 0.607. The Labute approximate surface area is 208 Å². The molecule has 1 aromatic rings. The topological polar surface area (TPSA) is 95.9 Å². The van der Waals surface area contributed by atoms with Gasteiger partial charge in [-0.3, -0.25) is 14.4 Å². The molecule has 0 spiro atoms. The highest BCUT2D eigenvalue weighted by molar-refractivity contribution is 5.96. The molecule has 1 aliphatic carbocycles. The van der Waals surface area contributed by atoms with Gasteiger partial charge in [0.15, 0.2) is 0 Å². The fourth-order valence-electron chi connectivity index (χ4n) is 5.67. The summed E-state index contributed by atoms with van der Waals surface area (Å²) in [5.74, 6) is -2.79. The molecule has 7 nitrogen and oxygen atoms in total. The van der Waals surface area contributed by atoms with Crippen LogP contribution >= 0.6 is 0 Å². The van der Waals surface area contributed by atoms with Crippen LogP contribution in [0.15, 0.2) is 42.5 Å². The van der Waals surface area contributed by atoms with Crippen LogP contribution in [0.3, 0.4) is 0 Å². The van der Waals surface area contributed by atoms with Crippen LogP contribution in [0.25, 0.3) is 0 Å². The zero-order valence-corrected chi connectivity index (χ0v) is 21.4. The number of amides is 2. The summed E-state index contributed by atoms with van der Waals surface area (Å²) in [6.45, 7) is 8.13. The largest absolute Gasteiger partial charge is 0.466 e. The highest BCUT2D eigenvalue weighted by atomic mass is 16.5. The van der Waals surface area contributed by atoms with E-state index in [1.807, 2.05) is 56.3 Å². The normalized spacial score (nSPS) is 27.3. The Morgan fingerprint density at radius 1 is 1.14 bits per heavy atom. The Morgan fingerprint density at radius 3 is 2.46 bits per heavy atom. The summed E-state index contributed by atoms with van der Waals surface area (Å²) in [6, 6.07) is 8.31. The lowest BCUT2D eigenvalue weighted by Gasteiger charge is -2.36. The number of esters is 1. The number of aliphatic hydroxyl groups excluding tert-OH is 1.